The third-order valence-electron chi connectivity index (χ3n) is 2.74. The Labute approximate surface area is 105 Å². The van der Waals surface area contributed by atoms with Crippen LogP contribution in [0.25, 0.3) is 11.1 Å². The number of aliphatic hydroxyl groups is 1. The molecule has 0 aliphatic heterocycles. The maximum atomic E-state index is 8.98. The van der Waals surface area contributed by atoms with Crippen LogP contribution in [0.5, 0.6) is 0 Å². The molecule has 0 saturated heterocycles. The van der Waals surface area contributed by atoms with Gasteiger partial charge >= 0.3 is 0 Å². The Kier molecular flexibility index (Phi) is 3.78. The predicted molar refractivity (Wildman–Crippen MR) is 72.8 cm³/mol. The zero-order valence-electron chi connectivity index (χ0n) is 9.52. The lowest BCUT2D eigenvalue weighted by Crippen LogP contribution is -1.99. The van der Waals surface area contributed by atoms with Crippen LogP contribution in [0.3, 0.4) is 0 Å². The molecule has 0 bridgehead atoms. The van der Waals surface area contributed by atoms with Crippen molar-refractivity contribution in [1.29, 1.82) is 0 Å². The normalized spacial score (nSPS) is 10.7. The number of nitrogens with two attached hydrogens (primary N) is 2. The highest BCUT2D eigenvalue weighted by atomic mass is 32.1. The van der Waals surface area contributed by atoms with Gasteiger partial charge in [0.05, 0.1) is 0 Å². The van der Waals surface area contributed by atoms with E-state index in [1.54, 1.807) is 11.3 Å². The largest absolute Gasteiger partial charge is 0.398 e. The third-order valence-corrected chi connectivity index (χ3v) is 3.70. The van der Waals surface area contributed by atoms with Crippen molar-refractivity contribution in [2.24, 2.45) is 5.73 Å². The molecule has 0 amide bonds. The van der Waals surface area contributed by atoms with Crippen molar-refractivity contribution in [3.05, 3.63) is 40.1 Å². The summed E-state index contributed by atoms with van der Waals surface area (Å²) in [5.74, 6) is 0. The fraction of sp³-hybridized carbons (Fsp3) is 0.231. The molecular formula is C13H16N2OS. The number of para-hydroxylation sites is 1. The molecular weight excluding hydrogens is 232 g/mol. The van der Waals surface area contributed by atoms with Crippen molar-refractivity contribution >= 4 is 17.0 Å². The second-order valence-corrected chi connectivity index (χ2v) is 4.85. The molecule has 4 heteroatoms. The number of benzene rings is 1. The fourth-order valence-electron chi connectivity index (χ4n) is 1.83. The maximum absolute atomic E-state index is 8.98. The van der Waals surface area contributed by atoms with Crippen molar-refractivity contribution in [3.8, 4) is 11.1 Å². The predicted octanol–water partition coefficient (Wildman–Crippen LogP) is 1.99. The zero-order chi connectivity index (χ0) is 12.3. The maximum Gasteiger partial charge on any atom is 0.0472 e. The lowest BCUT2D eigenvalue weighted by Gasteiger charge is -2.08. The van der Waals surface area contributed by atoms with E-state index in [9.17, 15) is 0 Å². The molecule has 1 heterocycles. The van der Waals surface area contributed by atoms with Crippen LogP contribution in [0.4, 0.5) is 5.69 Å². The summed E-state index contributed by atoms with van der Waals surface area (Å²) in [6.45, 7) is 0.673. The minimum absolute atomic E-state index is 0.116. The highest BCUT2D eigenvalue weighted by Gasteiger charge is 2.08. The summed E-state index contributed by atoms with van der Waals surface area (Å²) in [6.07, 6.45) is 0.591. The summed E-state index contributed by atoms with van der Waals surface area (Å²) in [7, 11) is 0. The van der Waals surface area contributed by atoms with Crippen LogP contribution in [0.1, 0.15) is 10.4 Å². The van der Waals surface area contributed by atoms with Crippen molar-refractivity contribution in [2.45, 2.75) is 13.0 Å². The molecule has 2 rings (SSSR count). The van der Waals surface area contributed by atoms with E-state index in [1.165, 1.54) is 0 Å². The van der Waals surface area contributed by atoms with Gasteiger partial charge in [-0.2, -0.15) is 0 Å². The quantitative estimate of drug-likeness (QED) is 0.725. The monoisotopic (exact) mass is 248 g/mol. The van der Waals surface area contributed by atoms with Crippen LogP contribution in [0, 0.1) is 0 Å². The zero-order valence-corrected chi connectivity index (χ0v) is 10.3. The molecule has 0 fully saturated rings. The number of aliphatic hydroxyl groups excluding tert-OH is 1. The molecule has 2 aromatic rings. The van der Waals surface area contributed by atoms with Crippen molar-refractivity contribution in [1.82, 2.24) is 0 Å². The van der Waals surface area contributed by atoms with Gasteiger partial charge in [-0.1, -0.05) is 18.2 Å². The number of hydrogen-bond acceptors (Lipinski definition) is 4. The van der Waals surface area contributed by atoms with E-state index >= 15 is 0 Å². The van der Waals surface area contributed by atoms with Crippen LogP contribution in [0.15, 0.2) is 29.6 Å². The molecule has 0 aliphatic carbocycles. The first kappa shape index (κ1) is 12.1. The van der Waals surface area contributed by atoms with E-state index in [4.69, 9.17) is 16.6 Å². The number of anilines is 1. The van der Waals surface area contributed by atoms with Crippen LogP contribution < -0.4 is 11.5 Å². The first-order valence-corrected chi connectivity index (χ1v) is 6.40. The Morgan fingerprint density at radius 3 is 2.76 bits per heavy atom. The van der Waals surface area contributed by atoms with Crippen molar-refractivity contribution in [2.75, 3.05) is 12.3 Å². The van der Waals surface area contributed by atoms with E-state index in [0.29, 0.717) is 13.0 Å². The van der Waals surface area contributed by atoms with Gasteiger partial charge in [-0.3, -0.25) is 0 Å². The van der Waals surface area contributed by atoms with Gasteiger partial charge in [0.2, 0.25) is 0 Å². The summed E-state index contributed by atoms with van der Waals surface area (Å²) in [5, 5.41) is 11.0. The van der Waals surface area contributed by atoms with Crippen LogP contribution in [-0.2, 0) is 13.0 Å². The van der Waals surface area contributed by atoms with Gasteiger partial charge in [0, 0.05) is 29.3 Å². The van der Waals surface area contributed by atoms with Gasteiger partial charge in [0.1, 0.15) is 0 Å². The summed E-state index contributed by atoms with van der Waals surface area (Å²) in [5.41, 5.74) is 15.6. The molecule has 0 atom stereocenters. The molecule has 0 unspecified atom stereocenters. The summed E-state index contributed by atoms with van der Waals surface area (Å²) < 4.78 is 0. The number of rotatable bonds is 4. The Morgan fingerprint density at radius 2 is 2.12 bits per heavy atom. The molecule has 0 spiro atoms. The van der Waals surface area contributed by atoms with Gasteiger partial charge in [0.15, 0.2) is 0 Å². The smallest absolute Gasteiger partial charge is 0.0472 e. The SMILES string of the molecule is NCc1cc(-c2cccc(CCO)c2N)cs1. The van der Waals surface area contributed by atoms with Crippen molar-refractivity contribution < 1.29 is 5.11 Å². The van der Waals surface area contributed by atoms with Crippen LogP contribution in [0.2, 0.25) is 0 Å². The third kappa shape index (κ3) is 2.49. The highest BCUT2D eigenvalue weighted by Crippen LogP contribution is 2.32. The van der Waals surface area contributed by atoms with E-state index in [1.807, 2.05) is 18.2 Å². The molecule has 90 valence electrons. The average molecular weight is 248 g/mol. The molecule has 1 aromatic carbocycles. The molecule has 0 aliphatic rings. The Morgan fingerprint density at radius 1 is 1.29 bits per heavy atom. The van der Waals surface area contributed by atoms with E-state index < -0.39 is 0 Å². The highest BCUT2D eigenvalue weighted by molar-refractivity contribution is 7.10. The van der Waals surface area contributed by atoms with E-state index in [2.05, 4.69) is 11.4 Å². The number of hydrogen-bond donors (Lipinski definition) is 3. The molecule has 5 N–H and O–H groups in total. The minimum Gasteiger partial charge on any atom is -0.398 e. The first-order valence-electron chi connectivity index (χ1n) is 5.52. The molecule has 17 heavy (non-hydrogen) atoms. The van der Waals surface area contributed by atoms with Crippen LogP contribution >= 0.6 is 11.3 Å². The van der Waals surface area contributed by atoms with E-state index in [-0.39, 0.29) is 6.61 Å². The molecule has 0 radical (unpaired) electrons. The Bertz CT molecular complexity index is 508. The van der Waals surface area contributed by atoms with E-state index in [0.717, 1.165) is 27.3 Å². The van der Waals surface area contributed by atoms with Gasteiger partial charge in [-0.15, -0.1) is 11.3 Å². The lowest BCUT2D eigenvalue weighted by atomic mass is 10.0. The van der Waals surface area contributed by atoms with Gasteiger partial charge < -0.3 is 16.6 Å². The van der Waals surface area contributed by atoms with Gasteiger partial charge in [0.25, 0.3) is 0 Å². The van der Waals surface area contributed by atoms with Gasteiger partial charge in [-0.25, -0.2) is 0 Å². The standard InChI is InChI=1S/C13H16N2OS/c14-7-11-6-10(8-17-11)12-3-1-2-9(4-5-16)13(12)15/h1-3,6,8,16H,4-5,7,14-15H2. The average Bonchev–Trinajstić information content (AvgIpc) is 2.80. The molecule has 0 saturated carbocycles. The Balaban J connectivity index is 2.41. The number of thiophene rings is 1. The summed E-state index contributed by atoms with van der Waals surface area (Å²) >= 11 is 1.64. The Hall–Kier alpha value is -1.36. The van der Waals surface area contributed by atoms with Crippen LogP contribution in [-0.4, -0.2) is 11.7 Å². The molecule has 1 aromatic heterocycles. The van der Waals surface area contributed by atoms with Gasteiger partial charge in [-0.05, 0) is 29.0 Å². The minimum atomic E-state index is 0.116. The summed E-state index contributed by atoms with van der Waals surface area (Å²) in [4.78, 5) is 1.15. The molecule has 3 nitrogen and oxygen atoms in total. The topological polar surface area (TPSA) is 72.3 Å². The number of nitrogen functional groups attached to an aromatic ring is 1. The van der Waals surface area contributed by atoms with Crippen molar-refractivity contribution in [3.63, 3.8) is 0 Å². The second kappa shape index (κ2) is 5.31. The second-order valence-electron chi connectivity index (χ2n) is 3.86. The lowest BCUT2D eigenvalue weighted by molar-refractivity contribution is 0.300. The first-order chi connectivity index (χ1) is 8.26. The fourth-order valence-corrected chi connectivity index (χ4v) is 2.60. The summed E-state index contributed by atoms with van der Waals surface area (Å²) in [6, 6.07) is 7.99.